The first kappa shape index (κ1) is 17.4. The minimum Gasteiger partial charge on any atom is -0.480 e. The number of para-hydroxylation sites is 1. The summed E-state index contributed by atoms with van der Waals surface area (Å²) < 4.78 is 12.9. The number of aromatic amines is 1. The summed E-state index contributed by atoms with van der Waals surface area (Å²) in [4.78, 5) is 26.7. The van der Waals surface area contributed by atoms with Crippen molar-refractivity contribution in [2.45, 2.75) is 12.5 Å². The second-order valence-corrected chi connectivity index (χ2v) is 5.85. The smallest absolute Gasteiger partial charge is 0.326 e. The second kappa shape index (κ2) is 7.65. The molecule has 0 aliphatic heterocycles. The Hall–Kier alpha value is -3.41. The largest absolute Gasteiger partial charge is 0.480 e. The number of fused-ring (bicyclic) bond motifs is 1. The first-order valence-corrected chi connectivity index (χ1v) is 8.05. The molecule has 3 aromatic rings. The van der Waals surface area contributed by atoms with Crippen LogP contribution in [0, 0.1) is 5.82 Å². The molecule has 3 rings (SSSR count). The number of rotatable bonds is 6. The van der Waals surface area contributed by atoms with E-state index >= 15 is 0 Å². The average Bonchev–Trinajstić information content (AvgIpc) is 3.04. The van der Waals surface area contributed by atoms with Crippen molar-refractivity contribution in [3.8, 4) is 0 Å². The number of carboxylic acid groups (broad SMARTS) is 1. The lowest BCUT2D eigenvalue weighted by molar-refractivity contribution is -0.141. The number of amides is 1. The van der Waals surface area contributed by atoms with Crippen molar-refractivity contribution in [1.29, 1.82) is 0 Å². The summed E-state index contributed by atoms with van der Waals surface area (Å²) in [6.07, 6.45) is 4.65. The predicted octanol–water partition coefficient (Wildman–Crippen LogP) is 3.13. The lowest BCUT2D eigenvalue weighted by Crippen LogP contribution is -2.41. The van der Waals surface area contributed by atoms with Crippen molar-refractivity contribution in [1.82, 2.24) is 10.3 Å². The highest BCUT2D eigenvalue weighted by atomic mass is 19.1. The van der Waals surface area contributed by atoms with Crippen LogP contribution < -0.4 is 5.32 Å². The van der Waals surface area contributed by atoms with Crippen LogP contribution in [-0.4, -0.2) is 28.0 Å². The maximum Gasteiger partial charge on any atom is 0.326 e. The molecule has 1 amide bonds. The van der Waals surface area contributed by atoms with E-state index in [2.05, 4.69) is 10.3 Å². The van der Waals surface area contributed by atoms with Crippen LogP contribution in [0.15, 0.2) is 60.8 Å². The number of carbonyl (C=O) groups excluding carboxylic acids is 1. The third kappa shape index (κ3) is 4.16. The molecule has 0 spiro atoms. The molecule has 0 fully saturated rings. The normalized spacial score (nSPS) is 12.3. The SMILES string of the molecule is O=C(/C=C/c1ccc(F)cc1)NC(Cc1c[nH]c2ccccc12)C(=O)O. The number of hydrogen-bond donors (Lipinski definition) is 3. The number of benzene rings is 2. The zero-order valence-electron chi connectivity index (χ0n) is 13.8. The van der Waals surface area contributed by atoms with Crippen LogP contribution in [0.4, 0.5) is 4.39 Å². The number of H-pyrrole nitrogens is 1. The van der Waals surface area contributed by atoms with Crippen LogP contribution in [0.25, 0.3) is 17.0 Å². The van der Waals surface area contributed by atoms with Crippen molar-refractivity contribution >= 4 is 28.9 Å². The maximum atomic E-state index is 12.9. The highest BCUT2D eigenvalue weighted by Crippen LogP contribution is 2.19. The Morgan fingerprint density at radius 1 is 1.15 bits per heavy atom. The van der Waals surface area contributed by atoms with Gasteiger partial charge in [-0.05, 0) is 35.4 Å². The van der Waals surface area contributed by atoms with Gasteiger partial charge in [-0.1, -0.05) is 30.3 Å². The minimum absolute atomic E-state index is 0.162. The number of aromatic nitrogens is 1. The molecule has 0 aliphatic carbocycles. The van der Waals surface area contributed by atoms with E-state index in [4.69, 9.17) is 0 Å². The number of nitrogens with one attached hydrogen (secondary N) is 2. The molecule has 3 N–H and O–H groups in total. The topological polar surface area (TPSA) is 82.2 Å². The minimum atomic E-state index is -1.11. The Morgan fingerprint density at radius 3 is 2.62 bits per heavy atom. The van der Waals surface area contributed by atoms with Gasteiger partial charge in [0, 0.05) is 29.6 Å². The number of hydrogen-bond acceptors (Lipinski definition) is 2. The van der Waals surface area contributed by atoms with E-state index in [1.807, 2.05) is 24.3 Å². The summed E-state index contributed by atoms with van der Waals surface area (Å²) in [7, 11) is 0. The Morgan fingerprint density at radius 2 is 1.88 bits per heavy atom. The van der Waals surface area contributed by atoms with E-state index in [1.165, 1.54) is 36.4 Å². The van der Waals surface area contributed by atoms with Gasteiger partial charge in [0.2, 0.25) is 5.91 Å². The molecule has 132 valence electrons. The fourth-order valence-corrected chi connectivity index (χ4v) is 2.69. The molecule has 0 radical (unpaired) electrons. The summed E-state index contributed by atoms with van der Waals surface area (Å²) in [5.74, 6) is -2.00. The van der Waals surface area contributed by atoms with Crippen LogP contribution in [-0.2, 0) is 16.0 Å². The van der Waals surface area contributed by atoms with Gasteiger partial charge >= 0.3 is 5.97 Å². The van der Waals surface area contributed by atoms with Gasteiger partial charge in [-0.15, -0.1) is 0 Å². The van der Waals surface area contributed by atoms with E-state index in [0.717, 1.165) is 16.5 Å². The molecular formula is C20H17FN2O3. The molecule has 0 saturated heterocycles. The molecule has 1 unspecified atom stereocenters. The summed E-state index contributed by atoms with van der Waals surface area (Å²) in [6.45, 7) is 0. The highest BCUT2D eigenvalue weighted by Gasteiger charge is 2.21. The number of aliphatic carboxylic acids is 1. The third-order valence-corrected chi connectivity index (χ3v) is 4.01. The Labute approximate surface area is 149 Å². The van der Waals surface area contributed by atoms with Gasteiger partial charge in [-0.3, -0.25) is 4.79 Å². The molecular weight excluding hydrogens is 335 g/mol. The second-order valence-electron chi connectivity index (χ2n) is 5.85. The fraction of sp³-hybridized carbons (Fsp3) is 0.100. The first-order chi connectivity index (χ1) is 12.5. The molecule has 1 heterocycles. The van der Waals surface area contributed by atoms with E-state index < -0.39 is 17.9 Å². The number of halogens is 1. The summed E-state index contributed by atoms with van der Waals surface area (Å²) >= 11 is 0. The van der Waals surface area contributed by atoms with Crippen molar-refractivity contribution in [3.63, 3.8) is 0 Å². The molecule has 26 heavy (non-hydrogen) atoms. The van der Waals surface area contributed by atoms with E-state index in [-0.39, 0.29) is 12.2 Å². The number of carbonyl (C=O) groups is 2. The fourth-order valence-electron chi connectivity index (χ4n) is 2.69. The van der Waals surface area contributed by atoms with Gasteiger partial charge in [-0.2, -0.15) is 0 Å². The standard InChI is InChI=1S/C20H17FN2O3/c21-15-8-5-13(6-9-15)7-10-19(24)23-18(20(25)26)11-14-12-22-17-4-2-1-3-16(14)17/h1-10,12,18,22H,11H2,(H,23,24)(H,25,26)/b10-7+. The first-order valence-electron chi connectivity index (χ1n) is 8.05. The molecule has 2 aromatic carbocycles. The summed E-state index contributed by atoms with van der Waals surface area (Å²) in [6, 6.07) is 12.1. The van der Waals surface area contributed by atoms with Gasteiger partial charge in [0.1, 0.15) is 11.9 Å². The lowest BCUT2D eigenvalue weighted by atomic mass is 10.0. The van der Waals surface area contributed by atoms with Crippen LogP contribution in [0.1, 0.15) is 11.1 Å². The Kier molecular flexibility index (Phi) is 5.12. The van der Waals surface area contributed by atoms with Gasteiger partial charge in [-0.25, -0.2) is 9.18 Å². The van der Waals surface area contributed by atoms with E-state index in [0.29, 0.717) is 5.56 Å². The van der Waals surface area contributed by atoms with Crippen molar-refractivity contribution in [3.05, 3.63) is 77.7 Å². The monoisotopic (exact) mass is 352 g/mol. The van der Waals surface area contributed by atoms with E-state index in [9.17, 15) is 19.1 Å². The average molecular weight is 352 g/mol. The van der Waals surface area contributed by atoms with Crippen molar-refractivity contribution < 1.29 is 19.1 Å². The summed E-state index contributed by atoms with van der Waals surface area (Å²) in [5.41, 5.74) is 2.37. The Bertz CT molecular complexity index is 961. The zero-order chi connectivity index (χ0) is 18.5. The molecule has 0 aliphatic rings. The predicted molar refractivity (Wildman–Crippen MR) is 97.0 cm³/mol. The molecule has 1 aromatic heterocycles. The van der Waals surface area contributed by atoms with Gasteiger partial charge in [0.25, 0.3) is 0 Å². The molecule has 0 bridgehead atoms. The molecule has 0 saturated carbocycles. The quantitative estimate of drug-likeness (QED) is 0.596. The zero-order valence-corrected chi connectivity index (χ0v) is 13.8. The van der Waals surface area contributed by atoms with E-state index in [1.54, 1.807) is 6.20 Å². The molecule has 6 heteroatoms. The molecule has 1 atom stereocenters. The third-order valence-electron chi connectivity index (χ3n) is 4.01. The maximum absolute atomic E-state index is 12.9. The highest BCUT2D eigenvalue weighted by molar-refractivity contribution is 5.94. The lowest BCUT2D eigenvalue weighted by Gasteiger charge is -2.12. The number of carboxylic acids is 1. The van der Waals surface area contributed by atoms with Gasteiger partial charge < -0.3 is 15.4 Å². The summed E-state index contributed by atoms with van der Waals surface area (Å²) in [5, 5.41) is 12.8. The van der Waals surface area contributed by atoms with Crippen LogP contribution in [0.3, 0.4) is 0 Å². The molecule has 5 nitrogen and oxygen atoms in total. The van der Waals surface area contributed by atoms with Gasteiger partial charge in [0.15, 0.2) is 0 Å². The van der Waals surface area contributed by atoms with Gasteiger partial charge in [0.05, 0.1) is 0 Å². The van der Waals surface area contributed by atoms with Crippen LogP contribution >= 0.6 is 0 Å². The van der Waals surface area contributed by atoms with Crippen molar-refractivity contribution in [2.24, 2.45) is 0 Å². The van der Waals surface area contributed by atoms with Crippen molar-refractivity contribution in [2.75, 3.05) is 0 Å². The Balaban J connectivity index is 1.69. The van der Waals surface area contributed by atoms with Crippen LogP contribution in [0.2, 0.25) is 0 Å². The van der Waals surface area contributed by atoms with Crippen LogP contribution in [0.5, 0.6) is 0 Å².